The molecule has 1 aliphatic heterocycles. The van der Waals surface area contributed by atoms with Crippen molar-refractivity contribution in [2.45, 2.75) is 65.4 Å². The van der Waals surface area contributed by atoms with Crippen LogP contribution in [0.1, 0.15) is 59.3 Å². The zero-order chi connectivity index (χ0) is 19.0. The van der Waals surface area contributed by atoms with Gasteiger partial charge in [-0.2, -0.15) is 0 Å². The number of nitrogens with zero attached hydrogens (tertiary/aromatic N) is 1. The van der Waals surface area contributed by atoms with Gasteiger partial charge in [-0.15, -0.1) is 24.0 Å². The lowest BCUT2D eigenvalue weighted by Gasteiger charge is -2.40. The minimum Gasteiger partial charge on any atom is -0.377 e. The van der Waals surface area contributed by atoms with Crippen LogP contribution in [-0.4, -0.2) is 51.3 Å². The van der Waals surface area contributed by atoms with E-state index in [4.69, 9.17) is 4.74 Å². The molecule has 2 atom stereocenters. The quantitative estimate of drug-likeness (QED) is 0.220. The highest BCUT2D eigenvalue weighted by molar-refractivity contribution is 14.0. The third kappa shape index (κ3) is 8.13. The van der Waals surface area contributed by atoms with Crippen LogP contribution in [-0.2, 0) is 9.53 Å². The van der Waals surface area contributed by atoms with Crippen LogP contribution in [0.2, 0.25) is 0 Å². The number of hydrogen-bond donors (Lipinski definition) is 3. The van der Waals surface area contributed by atoms with Crippen molar-refractivity contribution in [2.75, 3.05) is 33.3 Å². The molecule has 0 aromatic carbocycles. The number of carbonyl (C=O) groups is 1. The van der Waals surface area contributed by atoms with Crippen molar-refractivity contribution in [3.8, 4) is 0 Å². The number of hydrogen-bond acceptors (Lipinski definition) is 3. The van der Waals surface area contributed by atoms with Crippen LogP contribution >= 0.6 is 24.0 Å². The summed E-state index contributed by atoms with van der Waals surface area (Å²) in [6.45, 7) is 10.0. The van der Waals surface area contributed by atoms with Crippen LogP contribution < -0.4 is 16.0 Å². The molecule has 0 radical (unpaired) electrons. The van der Waals surface area contributed by atoms with Crippen molar-refractivity contribution < 1.29 is 9.53 Å². The maximum atomic E-state index is 11.8. The van der Waals surface area contributed by atoms with E-state index in [0.717, 1.165) is 57.9 Å². The van der Waals surface area contributed by atoms with Crippen molar-refractivity contribution in [2.24, 2.45) is 22.2 Å². The van der Waals surface area contributed by atoms with Crippen molar-refractivity contribution in [1.82, 2.24) is 16.0 Å². The molecule has 6 nitrogen and oxygen atoms in total. The number of nitrogens with one attached hydrogen (secondary N) is 3. The smallest absolute Gasteiger partial charge is 0.223 e. The van der Waals surface area contributed by atoms with Crippen LogP contribution in [0.5, 0.6) is 0 Å². The molecule has 158 valence electrons. The Morgan fingerprint density at radius 2 is 1.78 bits per heavy atom. The van der Waals surface area contributed by atoms with Crippen molar-refractivity contribution in [3.05, 3.63) is 0 Å². The monoisotopic (exact) mass is 494 g/mol. The highest BCUT2D eigenvalue weighted by atomic mass is 127. The average molecular weight is 494 g/mol. The Hall–Kier alpha value is -0.570. The van der Waals surface area contributed by atoms with Gasteiger partial charge in [-0.3, -0.25) is 9.79 Å². The van der Waals surface area contributed by atoms with E-state index in [1.807, 2.05) is 0 Å². The topological polar surface area (TPSA) is 74.8 Å². The van der Waals surface area contributed by atoms with E-state index in [0.29, 0.717) is 5.92 Å². The molecule has 2 unspecified atom stereocenters. The predicted octanol–water partition coefficient (Wildman–Crippen LogP) is 2.92. The summed E-state index contributed by atoms with van der Waals surface area (Å²) in [5.41, 5.74) is 0.155. The number of carbonyl (C=O) groups excluding carboxylic acids is 1. The fraction of sp³-hybridized carbons (Fsp3) is 0.900. The van der Waals surface area contributed by atoms with Gasteiger partial charge in [-0.25, -0.2) is 0 Å². The molecule has 1 heterocycles. The van der Waals surface area contributed by atoms with Gasteiger partial charge in [-0.1, -0.05) is 27.2 Å². The predicted molar refractivity (Wildman–Crippen MR) is 122 cm³/mol. The lowest BCUT2D eigenvalue weighted by atomic mass is 9.78. The van der Waals surface area contributed by atoms with E-state index in [-0.39, 0.29) is 47.3 Å². The van der Waals surface area contributed by atoms with Crippen molar-refractivity contribution in [1.29, 1.82) is 0 Å². The van der Waals surface area contributed by atoms with Gasteiger partial charge in [0.15, 0.2) is 5.96 Å². The third-order valence-electron chi connectivity index (χ3n) is 5.47. The van der Waals surface area contributed by atoms with Crippen LogP contribution in [0, 0.1) is 17.3 Å². The van der Waals surface area contributed by atoms with Crippen LogP contribution in [0.15, 0.2) is 4.99 Å². The first-order chi connectivity index (χ1) is 12.4. The second-order valence-electron chi connectivity index (χ2n) is 8.71. The molecule has 1 amide bonds. The standard InChI is InChI=1S/C20H38N4O2.HI/c1-20(2,3)17-16(10-6-13-26-17)14-24-19(21-4)23-12-7-11-22-18(25)15-8-5-9-15;/h15-17H,5-14H2,1-4H3,(H,22,25)(H2,21,23,24);1H. The van der Waals surface area contributed by atoms with Crippen LogP contribution in [0.3, 0.4) is 0 Å². The van der Waals surface area contributed by atoms with E-state index in [1.165, 1.54) is 12.8 Å². The molecule has 2 rings (SSSR count). The van der Waals surface area contributed by atoms with E-state index in [2.05, 4.69) is 41.7 Å². The van der Waals surface area contributed by atoms with Gasteiger partial charge in [0.05, 0.1) is 6.10 Å². The number of aliphatic imine (C=N–C) groups is 1. The van der Waals surface area contributed by atoms with Crippen LogP contribution in [0.4, 0.5) is 0 Å². The molecule has 1 saturated carbocycles. The van der Waals surface area contributed by atoms with E-state index >= 15 is 0 Å². The summed E-state index contributed by atoms with van der Waals surface area (Å²) < 4.78 is 6.05. The number of amides is 1. The molecule has 1 aliphatic carbocycles. The van der Waals surface area contributed by atoms with Gasteiger partial charge in [0, 0.05) is 45.1 Å². The maximum absolute atomic E-state index is 11.8. The first-order valence-corrected chi connectivity index (χ1v) is 10.3. The molecule has 1 saturated heterocycles. The summed E-state index contributed by atoms with van der Waals surface area (Å²) in [7, 11) is 1.80. The van der Waals surface area contributed by atoms with Gasteiger partial charge < -0.3 is 20.7 Å². The zero-order valence-corrected chi connectivity index (χ0v) is 19.8. The fourth-order valence-corrected chi connectivity index (χ4v) is 3.78. The Bertz CT molecular complexity index is 475. The second kappa shape index (κ2) is 12.1. The molecule has 3 N–H and O–H groups in total. The highest BCUT2D eigenvalue weighted by Crippen LogP contribution is 2.33. The van der Waals surface area contributed by atoms with Gasteiger partial charge in [0.25, 0.3) is 0 Å². The van der Waals surface area contributed by atoms with Gasteiger partial charge in [0.1, 0.15) is 0 Å². The summed E-state index contributed by atoms with van der Waals surface area (Å²) in [5, 5.41) is 9.82. The summed E-state index contributed by atoms with van der Waals surface area (Å²) >= 11 is 0. The van der Waals surface area contributed by atoms with E-state index in [1.54, 1.807) is 7.05 Å². The average Bonchev–Trinajstić information content (AvgIpc) is 2.55. The molecule has 0 bridgehead atoms. The zero-order valence-electron chi connectivity index (χ0n) is 17.5. The Kier molecular flexibility index (Phi) is 11.0. The molecule has 2 aliphatic rings. The molecule has 27 heavy (non-hydrogen) atoms. The molecule has 7 heteroatoms. The molecular weight excluding hydrogens is 455 g/mol. The number of halogens is 1. The Labute approximate surface area is 182 Å². The lowest BCUT2D eigenvalue weighted by Crippen LogP contribution is -2.47. The number of guanidine groups is 1. The Balaban J connectivity index is 0.00000364. The highest BCUT2D eigenvalue weighted by Gasteiger charge is 2.35. The van der Waals surface area contributed by atoms with E-state index in [9.17, 15) is 4.79 Å². The minimum absolute atomic E-state index is 0. The molecule has 0 aromatic rings. The van der Waals surface area contributed by atoms with Gasteiger partial charge in [0.2, 0.25) is 5.91 Å². The first kappa shape index (κ1) is 24.5. The fourth-order valence-electron chi connectivity index (χ4n) is 3.78. The Morgan fingerprint density at radius 3 is 2.37 bits per heavy atom. The molecule has 2 fully saturated rings. The van der Waals surface area contributed by atoms with Crippen molar-refractivity contribution >= 4 is 35.8 Å². The SMILES string of the molecule is CN=C(NCCCNC(=O)C1CCC1)NCC1CCCOC1C(C)(C)C.I. The number of ether oxygens (including phenoxy) is 1. The number of rotatable bonds is 7. The minimum atomic E-state index is 0. The summed E-state index contributed by atoms with van der Waals surface area (Å²) in [6.07, 6.45) is 6.82. The van der Waals surface area contributed by atoms with Gasteiger partial charge in [-0.05, 0) is 37.5 Å². The van der Waals surface area contributed by atoms with Gasteiger partial charge >= 0.3 is 0 Å². The molecule has 0 aromatic heterocycles. The second-order valence-corrected chi connectivity index (χ2v) is 8.71. The lowest BCUT2D eigenvalue weighted by molar-refractivity contribution is -0.127. The first-order valence-electron chi connectivity index (χ1n) is 10.3. The summed E-state index contributed by atoms with van der Waals surface area (Å²) in [5.74, 6) is 1.83. The summed E-state index contributed by atoms with van der Waals surface area (Å²) in [4.78, 5) is 16.1. The maximum Gasteiger partial charge on any atom is 0.223 e. The normalized spacial score (nSPS) is 23.8. The molecular formula is C20H39IN4O2. The largest absolute Gasteiger partial charge is 0.377 e. The van der Waals surface area contributed by atoms with Crippen LogP contribution in [0.25, 0.3) is 0 Å². The summed E-state index contributed by atoms with van der Waals surface area (Å²) in [6, 6.07) is 0. The molecule has 0 spiro atoms. The third-order valence-corrected chi connectivity index (χ3v) is 5.47. The van der Waals surface area contributed by atoms with Crippen molar-refractivity contribution in [3.63, 3.8) is 0 Å². The Morgan fingerprint density at radius 1 is 1.07 bits per heavy atom. The van der Waals surface area contributed by atoms with E-state index < -0.39 is 0 Å².